The molecule has 2 rings (SSSR count). The number of carboxylic acids is 1. The van der Waals surface area contributed by atoms with Crippen LogP contribution in [0.1, 0.15) is 15.9 Å². The van der Waals surface area contributed by atoms with Crippen molar-refractivity contribution < 1.29 is 14.7 Å². The third-order valence-electron chi connectivity index (χ3n) is 3.13. The van der Waals surface area contributed by atoms with Gasteiger partial charge in [-0.1, -0.05) is 6.07 Å². The highest BCUT2D eigenvalue weighted by Gasteiger charge is 2.11. The van der Waals surface area contributed by atoms with Crippen molar-refractivity contribution in [3.05, 3.63) is 71.4 Å². The molecule has 3 N–H and O–H groups in total. The maximum absolute atomic E-state index is 12.1. The lowest BCUT2D eigenvalue weighted by atomic mass is 10.2. The van der Waals surface area contributed by atoms with Crippen LogP contribution in [0.3, 0.4) is 0 Å². The van der Waals surface area contributed by atoms with E-state index in [9.17, 15) is 9.59 Å². The van der Waals surface area contributed by atoms with Gasteiger partial charge in [-0.05, 0) is 42.5 Å². The van der Waals surface area contributed by atoms with Crippen LogP contribution in [0.25, 0.3) is 0 Å². The molecule has 1 amide bonds. The second-order valence-corrected chi connectivity index (χ2v) is 4.84. The van der Waals surface area contributed by atoms with E-state index in [4.69, 9.17) is 15.6 Å². The van der Waals surface area contributed by atoms with Crippen LogP contribution in [-0.2, 0) is 4.79 Å². The molecule has 0 radical (unpaired) electrons. The van der Waals surface area contributed by atoms with Gasteiger partial charge in [-0.3, -0.25) is 4.79 Å². The SMILES string of the molecule is N#C/C(=C/Nc1ccc(C#N)cc1)C(=O)Nc1cccc(C(=O)O)c1. The molecule has 0 aromatic heterocycles. The van der Waals surface area contributed by atoms with Crippen LogP contribution < -0.4 is 10.6 Å². The number of anilines is 2. The van der Waals surface area contributed by atoms with E-state index in [1.807, 2.05) is 6.07 Å². The Balaban J connectivity index is 2.10. The van der Waals surface area contributed by atoms with Gasteiger partial charge in [-0.25, -0.2) is 4.79 Å². The molecule has 122 valence electrons. The van der Waals surface area contributed by atoms with Gasteiger partial charge in [0.1, 0.15) is 11.6 Å². The molecular weight excluding hydrogens is 320 g/mol. The second kappa shape index (κ2) is 7.95. The molecule has 0 saturated heterocycles. The van der Waals surface area contributed by atoms with E-state index in [0.29, 0.717) is 11.3 Å². The van der Waals surface area contributed by atoms with Crippen molar-refractivity contribution in [3.63, 3.8) is 0 Å². The molecule has 25 heavy (non-hydrogen) atoms. The minimum atomic E-state index is -1.12. The number of nitrogens with zero attached hydrogens (tertiary/aromatic N) is 2. The Morgan fingerprint density at radius 2 is 1.76 bits per heavy atom. The Labute approximate surface area is 143 Å². The first kappa shape index (κ1) is 17.3. The topological polar surface area (TPSA) is 126 Å². The molecular formula is C18H12N4O3. The molecule has 0 aliphatic carbocycles. The Morgan fingerprint density at radius 1 is 1.04 bits per heavy atom. The third-order valence-corrected chi connectivity index (χ3v) is 3.13. The van der Waals surface area contributed by atoms with Gasteiger partial charge in [-0.15, -0.1) is 0 Å². The van der Waals surface area contributed by atoms with Gasteiger partial charge in [0.2, 0.25) is 0 Å². The van der Waals surface area contributed by atoms with Crippen molar-refractivity contribution in [1.82, 2.24) is 0 Å². The number of carbonyl (C=O) groups excluding carboxylic acids is 1. The Hall–Kier alpha value is -4.10. The summed E-state index contributed by atoms with van der Waals surface area (Å²) in [7, 11) is 0. The molecule has 0 spiro atoms. The maximum atomic E-state index is 12.1. The van der Waals surface area contributed by atoms with E-state index in [1.165, 1.54) is 30.5 Å². The summed E-state index contributed by atoms with van der Waals surface area (Å²) in [6.07, 6.45) is 1.23. The molecule has 0 saturated carbocycles. The van der Waals surface area contributed by atoms with E-state index in [1.54, 1.807) is 30.3 Å². The van der Waals surface area contributed by atoms with Crippen molar-refractivity contribution >= 4 is 23.3 Å². The predicted octanol–water partition coefficient (Wildman–Crippen LogP) is 2.71. The van der Waals surface area contributed by atoms with Crippen LogP contribution in [0, 0.1) is 22.7 Å². The fourth-order valence-electron chi connectivity index (χ4n) is 1.87. The Kier molecular flexibility index (Phi) is 5.49. The van der Waals surface area contributed by atoms with Gasteiger partial charge >= 0.3 is 5.97 Å². The van der Waals surface area contributed by atoms with Crippen molar-refractivity contribution in [3.8, 4) is 12.1 Å². The van der Waals surface area contributed by atoms with Crippen molar-refractivity contribution in [2.45, 2.75) is 0 Å². The molecule has 0 bridgehead atoms. The summed E-state index contributed by atoms with van der Waals surface area (Å²) < 4.78 is 0. The van der Waals surface area contributed by atoms with Crippen molar-refractivity contribution in [2.75, 3.05) is 10.6 Å². The molecule has 7 heteroatoms. The minimum Gasteiger partial charge on any atom is -0.478 e. The standard InChI is InChI=1S/C18H12N4O3/c19-9-12-4-6-15(7-5-12)21-11-14(10-20)17(23)22-16-3-1-2-13(8-16)18(24)25/h1-8,11,21H,(H,22,23)(H,24,25)/b14-11-. The molecule has 0 aliphatic heterocycles. The molecule has 2 aromatic rings. The van der Waals surface area contributed by atoms with E-state index >= 15 is 0 Å². The number of rotatable bonds is 5. The molecule has 0 unspecified atom stereocenters. The number of aromatic carboxylic acids is 1. The lowest BCUT2D eigenvalue weighted by Gasteiger charge is -2.06. The van der Waals surface area contributed by atoms with Gasteiger partial charge in [-0.2, -0.15) is 10.5 Å². The number of carbonyl (C=O) groups is 2. The average Bonchev–Trinajstić information content (AvgIpc) is 2.63. The molecule has 0 heterocycles. The minimum absolute atomic E-state index is 0.0241. The van der Waals surface area contributed by atoms with Gasteiger partial charge in [0.25, 0.3) is 5.91 Å². The zero-order valence-corrected chi connectivity index (χ0v) is 12.9. The van der Waals surface area contributed by atoms with Gasteiger partial charge in [0.05, 0.1) is 17.2 Å². The van der Waals surface area contributed by atoms with Crippen molar-refractivity contribution in [1.29, 1.82) is 10.5 Å². The monoisotopic (exact) mass is 332 g/mol. The number of carboxylic acid groups (broad SMARTS) is 1. The molecule has 7 nitrogen and oxygen atoms in total. The number of hydrogen-bond donors (Lipinski definition) is 3. The van der Waals surface area contributed by atoms with E-state index in [2.05, 4.69) is 10.6 Å². The van der Waals surface area contributed by atoms with Gasteiger partial charge < -0.3 is 15.7 Å². The smallest absolute Gasteiger partial charge is 0.335 e. The van der Waals surface area contributed by atoms with Crippen LogP contribution >= 0.6 is 0 Å². The highest BCUT2D eigenvalue weighted by molar-refractivity contribution is 6.07. The lowest BCUT2D eigenvalue weighted by molar-refractivity contribution is -0.112. The van der Waals surface area contributed by atoms with Crippen LogP contribution in [0.2, 0.25) is 0 Å². The third kappa shape index (κ3) is 4.68. The van der Waals surface area contributed by atoms with E-state index < -0.39 is 11.9 Å². The van der Waals surface area contributed by atoms with E-state index in [-0.39, 0.29) is 16.8 Å². The number of amides is 1. The summed E-state index contributed by atoms with van der Waals surface area (Å²) >= 11 is 0. The largest absolute Gasteiger partial charge is 0.478 e. The van der Waals surface area contributed by atoms with E-state index in [0.717, 1.165) is 0 Å². The molecule has 0 fully saturated rings. The first-order chi connectivity index (χ1) is 12.0. The first-order valence-electron chi connectivity index (χ1n) is 7.05. The second-order valence-electron chi connectivity index (χ2n) is 4.84. The molecule has 0 aliphatic rings. The van der Waals surface area contributed by atoms with Crippen molar-refractivity contribution in [2.24, 2.45) is 0 Å². The van der Waals surface area contributed by atoms with Crippen LogP contribution in [0.15, 0.2) is 60.3 Å². The Morgan fingerprint density at radius 3 is 2.36 bits per heavy atom. The van der Waals surface area contributed by atoms with Crippen LogP contribution in [-0.4, -0.2) is 17.0 Å². The number of nitrogens with one attached hydrogen (secondary N) is 2. The van der Waals surface area contributed by atoms with Crippen LogP contribution in [0.5, 0.6) is 0 Å². The van der Waals surface area contributed by atoms with Gasteiger partial charge in [0.15, 0.2) is 0 Å². The highest BCUT2D eigenvalue weighted by atomic mass is 16.4. The fraction of sp³-hybridized carbons (Fsp3) is 0. The lowest BCUT2D eigenvalue weighted by Crippen LogP contribution is -2.15. The summed E-state index contributed by atoms with van der Waals surface area (Å²) in [5, 5.41) is 32.1. The summed E-state index contributed by atoms with van der Waals surface area (Å²) in [5.74, 6) is -1.79. The summed E-state index contributed by atoms with van der Waals surface area (Å²) in [6.45, 7) is 0. The normalized spacial score (nSPS) is 10.2. The number of hydrogen-bond acceptors (Lipinski definition) is 5. The maximum Gasteiger partial charge on any atom is 0.335 e. The molecule has 2 aromatic carbocycles. The Bertz CT molecular complexity index is 919. The quantitative estimate of drug-likeness (QED) is 0.571. The summed E-state index contributed by atoms with van der Waals surface area (Å²) in [5.41, 5.74) is 1.20. The highest BCUT2D eigenvalue weighted by Crippen LogP contribution is 2.13. The van der Waals surface area contributed by atoms with Gasteiger partial charge in [0, 0.05) is 17.6 Å². The molecule has 0 atom stereocenters. The summed E-state index contributed by atoms with van der Waals surface area (Å²) in [6, 6.07) is 15.9. The number of nitriles is 2. The predicted molar refractivity (Wildman–Crippen MR) is 90.5 cm³/mol. The van der Waals surface area contributed by atoms with Crippen LogP contribution in [0.4, 0.5) is 11.4 Å². The fourth-order valence-corrected chi connectivity index (χ4v) is 1.87. The zero-order chi connectivity index (χ0) is 18.2. The zero-order valence-electron chi connectivity index (χ0n) is 12.9. The number of benzene rings is 2. The first-order valence-corrected chi connectivity index (χ1v) is 7.05. The summed E-state index contributed by atoms with van der Waals surface area (Å²) in [4.78, 5) is 23.0. The average molecular weight is 332 g/mol.